The molecule has 4 rings (SSSR count). The van der Waals surface area contributed by atoms with Crippen molar-refractivity contribution >= 4 is 11.8 Å². The van der Waals surface area contributed by atoms with Crippen molar-refractivity contribution in [3.63, 3.8) is 0 Å². The van der Waals surface area contributed by atoms with Gasteiger partial charge >= 0.3 is 6.18 Å². The molecule has 1 atom stereocenters. The lowest BCUT2D eigenvalue weighted by Gasteiger charge is -2.24. The quantitative estimate of drug-likeness (QED) is 0.757. The number of rotatable bonds is 4. The molecule has 2 aliphatic rings. The number of nitrogens with zero attached hydrogens (tertiary/aromatic N) is 3. The molecule has 33 heavy (non-hydrogen) atoms. The number of hydrogen-bond acceptors (Lipinski definition) is 4. The molecule has 1 N–H and O–H groups in total. The van der Waals surface area contributed by atoms with Gasteiger partial charge in [0.2, 0.25) is 0 Å². The normalized spacial score (nSPS) is 18.0. The van der Waals surface area contributed by atoms with Gasteiger partial charge in [0.05, 0.1) is 41.7 Å². The lowest BCUT2D eigenvalue weighted by Crippen LogP contribution is -2.35. The Morgan fingerprint density at radius 3 is 2.73 bits per heavy atom. The van der Waals surface area contributed by atoms with E-state index in [1.807, 2.05) is 16.4 Å². The second-order valence-electron chi connectivity index (χ2n) is 8.26. The van der Waals surface area contributed by atoms with Crippen LogP contribution in [0.1, 0.15) is 63.0 Å². The van der Waals surface area contributed by atoms with E-state index in [4.69, 9.17) is 10.00 Å². The van der Waals surface area contributed by atoms with Gasteiger partial charge in [-0.2, -0.15) is 18.4 Å². The molecular formula is C23H23F3N4O3. The van der Waals surface area contributed by atoms with Gasteiger partial charge < -0.3 is 19.5 Å². The van der Waals surface area contributed by atoms with Crippen LogP contribution < -0.4 is 5.32 Å². The van der Waals surface area contributed by atoms with E-state index in [0.717, 1.165) is 25.0 Å². The zero-order valence-corrected chi connectivity index (χ0v) is 18.0. The van der Waals surface area contributed by atoms with Crippen LogP contribution >= 0.6 is 0 Å². The number of likely N-dealkylation sites (tertiary alicyclic amines) is 1. The van der Waals surface area contributed by atoms with Crippen LogP contribution in [0.4, 0.5) is 13.2 Å². The van der Waals surface area contributed by atoms with Gasteiger partial charge in [-0.3, -0.25) is 9.59 Å². The van der Waals surface area contributed by atoms with E-state index in [-0.39, 0.29) is 25.1 Å². The molecule has 1 aromatic carbocycles. The highest BCUT2D eigenvalue weighted by atomic mass is 19.4. The molecule has 0 aliphatic carbocycles. The SMILES string of the molecule is CC1CCCN1C(=O)c1cc(C(=O)NCc2ccc(C(F)(F)F)c(C#N)c2)c2n1CCOC2. The molecule has 10 heteroatoms. The maximum absolute atomic E-state index is 13.1. The summed E-state index contributed by atoms with van der Waals surface area (Å²) >= 11 is 0. The zero-order chi connectivity index (χ0) is 23.8. The Bertz CT molecular complexity index is 1130. The number of carbonyl (C=O) groups is 2. The first kappa shape index (κ1) is 22.9. The van der Waals surface area contributed by atoms with Gasteiger partial charge in [0.15, 0.2) is 0 Å². The molecule has 1 saturated heterocycles. The Morgan fingerprint density at radius 2 is 2.06 bits per heavy atom. The first-order chi connectivity index (χ1) is 15.7. The number of ether oxygens (including phenoxy) is 1. The number of alkyl halides is 3. The molecular weight excluding hydrogens is 437 g/mol. The summed E-state index contributed by atoms with van der Waals surface area (Å²) in [6.45, 7) is 3.68. The third kappa shape index (κ3) is 4.46. The molecule has 2 aromatic rings. The Morgan fingerprint density at radius 1 is 1.27 bits per heavy atom. The number of carbonyl (C=O) groups excluding carboxylic acids is 2. The van der Waals surface area contributed by atoms with Crippen LogP contribution in [-0.2, 0) is 30.6 Å². The second-order valence-corrected chi connectivity index (χ2v) is 8.26. The Kier molecular flexibility index (Phi) is 6.17. The van der Waals surface area contributed by atoms with Crippen molar-refractivity contribution in [3.05, 3.63) is 57.9 Å². The minimum Gasteiger partial charge on any atom is -0.373 e. The van der Waals surface area contributed by atoms with E-state index in [9.17, 15) is 22.8 Å². The van der Waals surface area contributed by atoms with E-state index >= 15 is 0 Å². The van der Waals surface area contributed by atoms with E-state index in [2.05, 4.69) is 5.32 Å². The highest BCUT2D eigenvalue weighted by Gasteiger charge is 2.34. The molecule has 0 bridgehead atoms. The number of hydrogen-bond donors (Lipinski definition) is 1. The van der Waals surface area contributed by atoms with Gasteiger partial charge in [0, 0.05) is 25.7 Å². The van der Waals surface area contributed by atoms with E-state index in [1.165, 1.54) is 6.07 Å². The van der Waals surface area contributed by atoms with Gasteiger partial charge in [-0.05, 0) is 43.5 Å². The van der Waals surface area contributed by atoms with Crippen LogP contribution in [0, 0.1) is 11.3 Å². The minimum atomic E-state index is -4.63. The maximum Gasteiger partial charge on any atom is 0.417 e. The summed E-state index contributed by atoms with van der Waals surface area (Å²) in [5, 5.41) is 11.7. The summed E-state index contributed by atoms with van der Waals surface area (Å²) < 4.78 is 46.3. The maximum atomic E-state index is 13.1. The monoisotopic (exact) mass is 460 g/mol. The molecule has 2 amide bonds. The van der Waals surface area contributed by atoms with Crippen molar-refractivity contribution in [1.82, 2.24) is 14.8 Å². The average molecular weight is 460 g/mol. The number of amides is 2. The highest BCUT2D eigenvalue weighted by Crippen LogP contribution is 2.32. The van der Waals surface area contributed by atoms with E-state index in [0.29, 0.717) is 42.2 Å². The summed E-state index contributed by atoms with van der Waals surface area (Å²) in [6.07, 6.45) is -2.75. The van der Waals surface area contributed by atoms with E-state index in [1.54, 1.807) is 12.1 Å². The van der Waals surface area contributed by atoms with E-state index < -0.39 is 23.2 Å². The molecule has 0 radical (unpaired) electrons. The molecule has 0 saturated carbocycles. The third-order valence-corrected chi connectivity index (χ3v) is 6.15. The lowest BCUT2D eigenvalue weighted by molar-refractivity contribution is -0.137. The number of benzene rings is 1. The largest absolute Gasteiger partial charge is 0.417 e. The van der Waals surface area contributed by atoms with Crippen LogP contribution in [0.15, 0.2) is 24.3 Å². The number of aromatic nitrogens is 1. The summed E-state index contributed by atoms with van der Waals surface area (Å²) in [6, 6.07) is 6.44. The van der Waals surface area contributed by atoms with Crippen molar-refractivity contribution in [2.24, 2.45) is 0 Å². The number of halogens is 3. The summed E-state index contributed by atoms with van der Waals surface area (Å²) in [5.41, 5.74) is 0.179. The number of nitriles is 1. The first-order valence-corrected chi connectivity index (χ1v) is 10.7. The first-order valence-electron chi connectivity index (χ1n) is 10.7. The molecule has 1 aromatic heterocycles. The van der Waals surface area contributed by atoms with Crippen molar-refractivity contribution in [1.29, 1.82) is 5.26 Å². The fourth-order valence-corrected chi connectivity index (χ4v) is 4.40. The Balaban J connectivity index is 1.55. The summed E-state index contributed by atoms with van der Waals surface area (Å²) in [7, 11) is 0. The zero-order valence-electron chi connectivity index (χ0n) is 18.0. The molecule has 2 aliphatic heterocycles. The van der Waals surface area contributed by atoms with Gasteiger partial charge in [-0.25, -0.2) is 0 Å². The molecule has 0 spiro atoms. The lowest BCUT2D eigenvalue weighted by atomic mass is 10.0. The van der Waals surface area contributed by atoms with Gasteiger partial charge in [-0.1, -0.05) is 6.07 Å². The average Bonchev–Trinajstić information content (AvgIpc) is 3.40. The summed E-state index contributed by atoms with van der Waals surface area (Å²) in [5.74, 6) is -0.584. The van der Waals surface area contributed by atoms with Gasteiger partial charge in [0.25, 0.3) is 11.8 Å². The molecule has 1 fully saturated rings. The third-order valence-electron chi connectivity index (χ3n) is 6.15. The van der Waals surface area contributed by atoms with Crippen molar-refractivity contribution < 1.29 is 27.5 Å². The van der Waals surface area contributed by atoms with Gasteiger partial charge in [-0.15, -0.1) is 0 Å². The van der Waals surface area contributed by atoms with Crippen molar-refractivity contribution in [2.75, 3.05) is 13.2 Å². The minimum absolute atomic E-state index is 0.0659. The Hall–Kier alpha value is -3.32. The van der Waals surface area contributed by atoms with Crippen LogP contribution in [-0.4, -0.2) is 40.5 Å². The van der Waals surface area contributed by atoms with Crippen molar-refractivity contribution in [3.8, 4) is 6.07 Å². The molecule has 1 unspecified atom stereocenters. The number of nitrogens with one attached hydrogen (secondary N) is 1. The van der Waals surface area contributed by atoms with Crippen LogP contribution in [0.5, 0.6) is 0 Å². The second kappa shape index (κ2) is 8.90. The summed E-state index contributed by atoms with van der Waals surface area (Å²) in [4.78, 5) is 27.9. The van der Waals surface area contributed by atoms with Crippen LogP contribution in [0.2, 0.25) is 0 Å². The van der Waals surface area contributed by atoms with Gasteiger partial charge in [0.1, 0.15) is 5.69 Å². The topological polar surface area (TPSA) is 87.4 Å². The fraction of sp³-hybridized carbons (Fsp3) is 0.435. The molecule has 7 nitrogen and oxygen atoms in total. The van der Waals surface area contributed by atoms with Crippen LogP contribution in [0.3, 0.4) is 0 Å². The van der Waals surface area contributed by atoms with Crippen molar-refractivity contribution in [2.45, 2.75) is 51.7 Å². The fourth-order valence-electron chi connectivity index (χ4n) is 4.40. The molecule has 3 heterocycles. The predicted octanol–water partition coefficient (Wildman–Crippen LogP) is 3.46. The predicted molar refractivity (Wildman–Crippen MR) is 111 cm³/mol. The Labute approximate surface area is 188 Å². The highest BCUT2D eigenvalue weighted by molar-refractivity contribution is 6.00. The molecule has 174 valence electrons. The van der Waals surface area contributed by atoms with Crippen LogP contribution in [0.25, 0.3) is 0 Å². The standard InChI is InChI=1S/C23H23F3N4O3/c1-14-3-2-6-29(14)22(32)19-10-17(20-13-33-8-7-30(19)20)21(31)28-12-15-4-5-18(23(24,25)26)16(9-15)11-27/h4-5,9-10,14H,2-3,6-8,12-13H2,1H3,(H,28,31). The number of fused-ring (bicyclic) bond motifs is 1. The smallest absolute Gasteiger partial charge is 0.373 e.